The van der Waals surface area contributed by atoms with Crippen molar-refractivity contribution in [2.45, 2.75) is 12.8 Å². The van der Waals surface area contributed by atoms with Crippen LogP contribution in [-0.4, -0.2) is 35.1 Å². The maximum atomic E-state index is 12.1. The summed E-state index contributed by atoms with van der Waals surface area (Å²) < 4.78 is 1.91. The van der Waals surface area contributed by atoms with Gasteiger partial charge in [0.1, 0.15) is 0 Å². The quantitative estimate of drug-likeness (QED) is 0.884. The Hall–Kier alpha value is -1.56. The molecule has 126 valence electrons. The lowest BCUT2D eigenvalue weighted by Crippen LogP contribution is -2.38. The summed E-state index contributed by atoms with van der Waals surface area (Å²) in [5.41, 5.74) is 1.70. The fourth-order valence-electron chi connectivity index (χ4n) is 2.63. The Morgan fingerprint density at radius 3 is 2.70 bits per heavy atom. The highest BCUT2D eigenvalue weighted by molar-refractivity contribution is 5.94. The number of carbonyl (C=O) groups is 1. The number of benzene rings is 1. The van der Waals surface area contributed by atoms with Crippen molar-refractivity contribution < 1.29 is 4.79 Å². The maximum Gasteiger partial charge on any atom is 0.251 e. The van der Waals surface area contributed by atoms with E-state index in [0.29, 0.717) is 11.5 Å². The highest BCUT2D eigenvalue weighted by atomic mass is 35.5. The molecule has 1 aliphatic heterocycles. The van der Waals surface area contributed by atoms with Crippen molar-refractivity contribution in [1.29, 1.82) is 0 Å². The molecule has 7 heteroatoms. The molecule has 5 nitrogen and oxygen atoms in total. The van der Waals surface area contributed by atoms with Gasteiger partial charge in [-0.15, -0.1) is 24.8 Å². The van der Waals surface area contributed by atoms with Crippen LogP contribution in [0.15, 0.2) is 43.0 Å². The molecule has 0 saturated carbocycles. The molecule has 2 aromatic rings. The fraction of sp³-hybridized carbons (Fsp3) is 0.375. The molecule has 1 unspecified atom stereocenters. The van der Waals surface area contributed by atoms with Crippen LogP contribution in [0, 0.1) is 5.92 Å². The van der Waals surface area contributed by atoms with Crippen molar-refractivity contribution in [3.8, 4) is 5.69 Å². The number of hydrogen-bond donors (Lipinski definition) is 2. The van der Waals surface area contributed by atoms with E-state index in [-0.39, 0.29) is 30.7 Å². The lowest BCUT2D eigenvalue weighted by atomic mass is 9.99. The third kappa shape index (κ3) is 5.23. The first kappa shape index (κ1) is 19.5. The zero-order valence-electron chi connectivity index (χ0n) is 12.8. The molecule has 0 aliphatic carbocycles. The van der Waals surface area contributed by atoms with Crippen LogP contribution < -0.4 is 10.6 Å². The Morgan fingerprint density at radius 1 is 1.30 bits per heavy atom. The second-order valence-electron chi connectivity index (χ2n) is 5.44. The van der Waals surface area contributed by atoms with Crippen molar-refractivity contribution in [3.05, 3.63) is 48.5 Å². The summed E-state index contributed by atoms with van der Waals surface area (Å²) >= 11 is 0. The van der Waals surface area contributed by atoms with Crippen LogP contribution in [0.2, 0.25) is 0 Å². The van der Waals surface area contributed by atoms with Crippen molar-refractivity contribution in [3.63, 3.8) is 0 Å². The number of imidazole rings is 1. The summed E-state index contributed by atoms with van der Waals surface area (Å²) in [4.78, 5) is 16.1. The maximum absolute atomic E-state index is 12.1. The summed E-state index contributed by atoms with van der Waals surface area (Å²) in [6.45, 7) is 2.84. The van der Waals surface area contributed by atoms with Crippen LogP contribution in [0.5, 0.6) is 0 Å². The Bertz CT molecular complexity index is 581. The molecular formula is C16H22Cl2N4O. The molecule has 0 radical (unpaired) electrons. The van der Waals surface area contributed by atoms with Crippen LogP contribution in [-0.2, 0) is 0 Å². The van der Waals surface area contributed by atoms with E-state index in [0.717, 1.165) is 25.3 Å². The monoisotopic (exact) mass is 356 g/mol. The first-order chi connectivity index (χ1) is 10.3. The zero-order valence-corrected chi connectivity index (χ0v) is 14.4. The number of halogens is 2. The van der Waals surface area contributed by atoms with Gasteiger partial charge >= 0.3 is 0 Å². The van der Waals surface area contributed by atoms with Gasteiger partial charge in [0.15, 0.2) is 0 Å². The van der Waals surface area contributed by atoms with Gasteiger partial charge in [-0.1, -0.05) is 0 Å². The Morgan fingerprint density at radius 2 is 2.09 bits per heavy atom. The van der Waals surface area contributed by atoms with E-state index in [4.69, 9.17) is 0 Å². The van der Waals surface area contributed by atoms with Gasteiger partial charge in [0.05, 0.1) is 6.33 Å². The van der Waals surface area contributed by atoms with E-state index in [1.165, 1.54) is 12.8 Å². The number of nitrogens with one attached hydrogen (secondary N) is 2. The van der Waals surface area contributed by atoms with Crippen molar-refractivity contribution in [2.75, 3.05) is 19.6 Å². The molecular weight excluding hydrogens is 335 g/mol. The normalized spacial score (nSPS) is 16.8. The van der Waals surface area contributed by atoms with E-state index >= 15 is 0 Å². The molecule has 1 aromatic heterocycles. The van der Waals surface area contributed by atoms with Crippen molar-refractivity contribution >= 4 is 30.7 Å². The molecule has 1 fully saturated rings. The topological polar surface area (TPSA) is 59.0 Å². The molecule has 0 spiro atoms. The number of nitrogens with zero attached hydrogens (tertiary/aromatic N) is 2. The lowest BCUT2D eigenvalue weighted by Gasteiger charge is -2.22. The molecule has 2 heterocycles. The highest BCUT2D eigenvalue weighted by Crippen LogP contribution is 2.11. The van der Waals surface area contributed by atoms with Crippen LogP contribution in [0.25, 0.3) is 5.69 Å². The number of piperidine rings is 1. The highest BCUT2D eigenvalue weighted by Gasteiger charge is 2.14. The number of aromatic nitrogens is 2. The van der Waals surface area contributed by atoms with Crippen molar-refractivity contribution in [2.24, 2.45) is 5.92 Å². The van der Waals surface area contributed by atoms with Gasteiger partial charge in [0.25, 0.3) is 5.91 Å². The predicted molar refractivity (Wildman–Crippen MR) is 96.0 cm³/mol. The minimum absolute atomic E-state index is 0. The van der Waals surface area contributed by atoms with Gasteiger partial charge < -0.3 is 15.2 Å². The van der Waals surface area contributed by atoms with E-state index in [9.17, 15) is 4.79 Å². The molecule has 3 rings (SSSR count). The molecule has 1 atom stereocenters. The van der Waals surface area contributed by atoms with E-state index in [2.05, 4.69) is 15.6 Å². The average Bonchev–Trinajstić information content (AvgIpc) is 3.08. The summed E-state index contributed by atoms with van der Waals surface area (Å²) in [6.07, 6.45) is 7.74. The van der Waals surface area contributed by atoms with Gasteiger partial charge in [-0.3, -0.25) is 4.79 Å². The first-order valence-electron chi connectivity index (χ1n) is 7.40. The second kappa shape index (κ2) is 9.55. The summed E-state index contributed by atoms with van der Waals surface area (Å²) in [6, 6.07) is 7.56. The minimum Gasteiger partial charge on any atom is -0.352 e. The molecule has 2 N–H and O–H groups in total. The number of hydrogen-bond acceptors (Lipinski definition) is 3. The third-order valence-corrected chi connectivity index (χ3v) is 3.88. The Labute approximate surface area is 148 Å². The summed E-state index contributed by atoms with van der Waals surface area (Å²) in [5.74, 6) is 0.547. The molecule has 1 amide bonds. The predicted octanol–water partition coefficient (Wildman–Crippen LogP) is 2.45. The van der Waals surface area contributed by atoms with E-state index in [1.807, 2.05) is 35.0 Å². The molecule has 1 saturated heterocycles. The SMILES string of the molecule is Cl.Cl.O=C(NCC1CCCNC1)c1ccc(-n2ccnc2)cc1. The molecule has 1 aromatic carbocycles. The van der Waals surface area contributed by atoms with Gasteiger partial charge in [0, 0.05) is 30.2 Å². The van der Waals surface area contributed by atoms with Gasteiger partial charge in [-0.05, 0) is 56.1 Å². The molecule has 23 heavy (non-hydrogen) atoms. The van der Waals surface area contributed by atoms with Crippen LogP contribution in [0.3, 0.4) is 0 Å². The second-order valence-corrected chi connectivity index (χ2v) is 5.44. The van der Waals surface area contributed by atoms with Gasteiger partial charge in [-0.2, -0.15) is 0 Å². The summed E-state index contributed by atoms with van der Waals surface area (Å²) in [5, 5.41) is 6.39. The molecule has 1 aliphatic rings. The van der Waals surface area contributed by atoms with Gasteiger partial charge in [0.2, 0.25) is 0 Å². The minimum atomic E-state index is -0.00208. The first-order valence-corrected chi connectivity index (χ1v) is 7.40. The Balaban J connectivity index is 0.00000132. The van der Waals surface area contributed by atoms with Crippen LogP contribution in [0.1, 0.15) is 23.2 Å². The van der Waals surface area contributed by atoms with E-state index < -0.39 is 0 Å². The number of rotatable bonds is 4. The van der Waals surface area contributed by atoms with Crippen LogP contribution in [0.4, 0.5) is 0 Å². The fourth-order valence-corrected chi connectivity index (χ4v) is 2.63. The lowest BCUT2D eigenvalue weighted by molar-refractivity contribution is 0.0945. The van der Waals surface area contributed by atoms with Crippen molar-refractivity contribution in [1.82, 2.24) is 20.2 Å². The zero-order chi connectivity index (χ0) is 14.5. The largest absolute Gasteiger partial charge is 0.352 e. The average molecular weight is 357 g/mol. The number of amides is 1. The summed E-state index contributed by atoms with van der Waals surface area (Å²) in [7, 11) is 0. The standard InChI is InChI=1S/C16H20N4O.2ClH/c21-16(19-11-13-2-1-7-17-10-13)14-3-5-15(6-4-14)20-9-8-18-12-20;;/h3-6,8-9,12-13,17H,1-2,7,10-11H2,(H,19,21);2*1H. The van der Waals surface area contributed by atoms with Crippen LogP contribution >= 0.6 is 24.8 Å². The third-order valence-electron chi connectivity index (χ3n) is 3.88. The Kier molecular flexibility index (Phi) is 8.09. The van der Waals surface area contributed by atoms with Gasteiger partial charge in [-0.25, -0.2) is 4.98 Å². The van der Waals surface area contributed by atoms with E-state index in [1.54, 1.807) is 12.5 Å². The number of carbonyl (C=O) groups excluding carboxylic acids is 1. The smallest absolute Gasteiger partial charge is 0.251 e. The molecule has 0 bridgehead atoms.